The van der Waals surface area contributed by atoms with E-state index in [1.165, 1.54) is 12.1 Å². The quantitative estimate of drug-likeness (QED) is 0.344. The van der Waals surface area contributed by atoms with Crippen molar-refractivity contribution in [1.29, 1.82) is 0 Å². The number of hydrogen-bond acceptors (Lipinski definition) is 10. The maximum atomic E-state index is 13.8. The van der Waals surface area contributed by atoms with Crippen LogP contribution in [0.5, 0.6) is 0 Å². The Morgan fingerprint density at radius 2 is 1.34 bits per heavy atom. The predicted molar refractivity (Wildman–Crippen MR) is 99.3 cm³/mol. The van der Waals surface area contributed by atoms with Gasteiger partial charge in [0.15, 0.2) is 18.3 Å². The van der Waals surface area contributed by atoms with Gasteiger partial charge < -0.3 is 18.9 Å². The van der Waals surface area contributed by atoms with Crippen molar-refractivity contribution in [3.63, 3.8) is 0 Å². The van der Waals surface area contributed by atoms with Gasteiger partial charge in [-0.2, -0.15) is 0 Å². The van der Waals surface area contributed by atoms with E-state index in [-0.39, 0.29) is 11.1 Å². The van der Waals surface area contributed by atoms with Crippen LogP contribution >= 0.6 is 0 Å². The van der Waals surface area contributed by atoms with Crippen LogP contribution in [0, 0.1) is 0 Å². The number of halogens is 1. The summed E-state index contributed by atoms with van der Waals surface area (Å²) in [6, 6.07) is 5.91. The highest BCUT2D eigenvalue weighted by molar-refractivity contribution is 6.20. The third kappa shape index (κ3) is 4.60. The lowest BCUT2D eigenvalue weighted by atomic mass is 9.98. The van der Waals surface area contributed by atoms with Gasteiger partial charge in [-0.25, -0.2) is 9.23 Å². The van der Waals surface area contributed by atoms with E-state index in [0.717, 1.165) is 20.8 Å². The van der Waals surface area contributed by atoms with Crippen molar-refractivity contribution in [1.82, 2.24) is 5.06 Å². The first-order valence-corrected chi connectivity index (χ1v) is 9.51. The van der Waals surface area contributed by atoms with E-state index in [4.69, 9.17) is 23.8 Å². The second-order valence-electron chi connectivity index (χ2n) is 6.98. The van der Waals surface area contributed by atoms with Crippen molar-refractivity contribution in [2.75, 3.05) is 6.67 Å². The van der Waals surface area contributed by atoms with Crippen LogP contribution in [-0.2, 0) is 38.2 Å². The molecule has 2 aliphatic heterocycles. The summed E-state index contributed by atoms with van der Waals surface area (Å²) in [5, 5.41) is 0.387. The SMILES string of the molecule is CC(=O)O[C@@H]1[C@@H](OC(C)=O)[C@H](ON2C(=O)c3ccccc3C2=O)OC(CF)[C@@H]1OC(C)=O. The van der Waals surface area contributed by atoms with Crippen molar-refractivity contribution in [2.45, 2.75) is 51.5 Å². The van der Waals surface area contributed by atoms with Crippen molar-refractivity contribution in [3.05, 3.63) is 35.4 Å². The van der Waals surface area contributed by atoms with E-state index in [0.29, 0.717) is 5.06 Å². The van der Waals surface area contributed by atoms with Crippen LogP contribution in [0.3, 0.4) is 0 Å². The molecule has 2 heterocycles. The number of rotatable bonds is 6. The molecule has 1 fully saturated rings. The smallest absolute Gasteiger partial charge is 0.303 e. The zero-order valence-electron chi connectivity index (χ0n) is 17.3. The Hall–Kier alpha value is -3.38. The summed E-state index contributed by atoms with van der Waals surface area (Å²) in [6.07, 6.45) is -7.91. The molecule has 172 valence electrons. The molecule has 0 bridgehead atoms. The molecular weight excluding hydrogens is 433 g/mol. The number of alkyl halides is 1. The van der Waals surface area contributed by atoms with Crippen molar-refractivity contribution >= 4 is 29.7 Å². The summed E-state index contributed by atoms with van der Waals surface area (Å²) in [5.74, 6) is -4.21. The predicted octanol–water partition coefficient (Wildman–Crippen LogP) is 0.704. The Bertz CT molecular complexity index is 915. The number of benzene rings is 1. The molecule has 11 nitrogen and oxygen atoms in total. The monoisotopic (exact) mass is 453 g/mol. The van der Waals surface area contributed by atoms with Crippen molar-refractivity contribution in [2.24, 2.45) is 0 Å². The Labute approximate surface area is 181 Å². The molecular formula is C20H20FNO10. The largest absolute Gasteiger partial charge is 0.456 e. The Balaban J connectivity index is 1.95. The first-order valence-electron chi connectivity index (χ1n) is 9.51. The molecule has 32 heavy (non-hydrogen) atoms. The number of hydroxylamine groups is 2. The molecule has 0 aliphatic carbocycles. The average Bonchev–Trinajstić information content (AvgIpc) is 2.96. The number of imide groups is 1. The van der Waals surface area contributed by atoms with Gasteiger partial charge in [0.1, 0.15) is 12.8 Å². The van der Waals surface area contributed by atoms with Gasteiger partial charge in [-0.1, -0.05) is 12.1 Å². The number of carbonyl (C=O) groups is 5. The molecule has 0 saturated carbocycles. The highest BCUT2D eigenvalue weighted by Crippen LogP contribution is 2.32. The van der Waals surface area contributed by atoms with Gasteiger partial charge in [-0.15, -0.1) is 5.06 Å². The van der Waals surface area contributed by atoms with Crippen molar-refractivity contribution in [3.8, 4) is 0 Å². The third-order valence-electron chi connectivity index (χ3n) is 4.62. The van der Waals surface area contributed by atoms with Crippen LogP contribution in [0.1, 0.15) is 41.5 Å². The molecule has 1 saturated heterocycles. The maximum Gasteiger partial charge on any atom is 0.303 e. The topological polar surface area (TPSA) is 135 Å². The van der Waals surface area contributed by atoms with Gasteiger partial charge in [0, 0.05) is 20.8 Å². The van der Waals surface area contributed by atoms with E-state index in [9.17, 15) is 28.4 Å². The zero-order chi connectivity index (χ0) is 23.6. The number of amides is 2. The van der Waals surface area contributed by atoms with Crippen LogP contribution in [0.25, 0.3) is 0 Å². The fourth-order valence-electron chi connectivity index (χ4n) is 3.43. The first kappa shape index (κ1) is 23.3. The Morgan fingerprint density at radius 3 is 1.81 bits per heavy atom. The summed E-state index contributed by atoms with van der Waals surface area (Å²) < 4.78 is 34.6. The molecule has 12 heteroatoms. The molecule has 2 aliphatic rings. The third-order valence-corrected chi connectivity index (χ3v) is 4.62. The highest BCUT2D eigenvalue weighted by atomic mass is 19.1. The minimum absolute atomic E-state index is 0.0636. The fourth-order valence-corrected chi connectivity index (χ4v) is 3.43. The second kappa shape index (κ2) is 9.40. The van der Waals surface area contributed by atoms with Gasteiger partial charge in [0.05, 0.1) is 11.1 Å². The number of fused-ring (bicyclic) bond motifs is 1. The number of esters is 3. The summed E-state index contributed by atoms with van der Waals surface area (Å²) in [6.45, 7) is 1.90. The molecule has 5 atom stereocenters. The van der Waals surface area contributed by atoms with E-state index >= 15 is 0 Å². The molecule has 1 aromatic carbocycles. The van der Waals surface area contributed by atoms with Crippen LogP contribution in [0.4, 0.5) is 4.39 Å². The zero-order valence-corrected chi connectivity index (χ0v) is 17.3. The summed E-state index contributed by atoms with van der Waals surface area (Å²) in [7, 11) is 0. The molecule has 0 radical (unpaired) electrons. The highest BCUT2D eigenvalue weighted by Gasteiger charge is 2.54. The molecule has 2 amide bonds. The van der Waals surface area contributed by atoms with Gasteiger partial charge >= 0.3 is 17.9 Å². The lowest BCUT2D eigenvalue weighted by Gasteiger charge is -2.43. The normalized spacial score (nSPS) is 27.0. The van der Waals surface area contributed by atoms with Gasteiger partial charge in [0.25, 0.3) is 11.8 Å². The van der Waals surface area contributed by atoms with Gasteiger partial charge in [0.2, 0.25) is 6.29 Å². The fraction of sp³-hybridized carbons (Fsp3) is 0.450. The molecule has 0 aromatic heterocycles. The van der Waals surface area contributed by atoms with Crippen LogP contribution in [0.2, 0.25) is 0 Å². The van der Waals surface area contributed by atoms with Crippen LogP contribution in [0.15, 0.2) is 24.3 Å². The molecule has 0 spiro atoms. The van der Waals surface area contributed by atoms with E-state index in [1.807, 2.05) is 0 Å². The van der Waals surface area contributed by atoms with Crippen LogP contribution in [-0.4, -0.2) is 72.2 Å². The Morgan fingerprint density at radius 1 is 0.875 bits per heavy atom. The lowest BCUT2D eigenvalue weighted by Crippen LogP contribution is -2.63. The van der Waals surface area contributed by atoms with Crippen LogP contribution < -0.4 is 0 Å². The number of ether oxygens (including phenoxy) is 4. The molecule has 1 aromatic rings. The van der Waals surface area contributed by atoms with Gasteiger partial charge in [-0.3, -0.25) is 24.0 Å². The summed E-state index contributed by atoms with van der Waals surface area (Å²) in [5.41, 5.74) is 0.127. The summed E-state index contributed by atoms with van der Waals surface area (Å²) >= 11 is 0. The Kier molecular flexibility index (Phi) is 6.84. The second-order valence-corrected chi connectivity index (χ2v) is 6.98. The number of hydrogen-bond donors (Lipinski definition) is 0. The molecule has 0 N–H and O–H groups in total. The molecule has 3 rings (SSSR count). The van der Waals surface area contributed by atoms with Crippen molar-refractivity contribution < 1.29 is 52.1 Å². The summed E-state index contributed by atoms with van der Waals surface area (Å²) in [4.78, 5) is 65.6. The van der Waals surface area contributed by atoms with E-state index in [2.05, 4.69) is 0 Å². The van der Waals surface area contributed by atoms with E-state index in [1.54, 1.807) is 12.1 Å². The number of carbonyl (C=O) groups excluding carboxylic acids is 5. The first-order chi connectivity index (χ1) is 15.1. The minimum Gasteiger partial charge on any atom is -0.456 e. The molecule has 1 unspecified atom stereocenters. The maximum absolute atomic E-state index is 13.8. The lowest BCUT2D eigenvalue weighted by molar-refractivity contribution is -0.339. The standard InChI is InChI=1S/C20H20FNO10/c1-9(23)28-15-14(8-21)31-20(17(30-11(3)25)16(15)29-10(2)24)32-22-18(26)12-6-4-5-7-13(12)19(22)27/h4-7,14-17,20H,8H2,1-3H3/t14?,15-,16-,17+,20-/m0/s1. The average molecular weight is 453 g/mol. The van der Waals surface area contributed by atoms with E-state index < -0.39 is 67.1 Å². The number of nitrogens with zero attached hydrogens (tertiary/aromatic N) is 1. The van der Waals surface area contributed by atoms with Gasteiger partial charge in [-0.05, 0) is 12.1 Å². The minimum atomic E-state index is -1.75.